The van der Waals surface area contributed by atoms with Crippen molar-refractivity contribution in [2.75, 3.05) is 18.5 Å². The van der Waals surface area contributed by atoms with Gasteiger partial charge in [0.25, 0.3) is 0 Å². The maximum Gasteiger partial charge on any atom is 0.416 e. The second-order valence-corrected chi connectivity index (χ2v) is 6.15. The van der Waals surface area contributed by atoms with Crippen LogP contribution < -0.4 is 20.1 Å². The van der Waals surface area contributed by atoms with E-state index < -0.39 is 30.5 Å². The van der Waals surface area contributed by atoms with Gasteiger partial charge in [0, 0.05) is 6.54 Å². The molecular formula is C19H19F5N2O4. The number of amides is 2. The third-order valence-electron chi connectivity index (χ3n) is 3.79. The molecule has 6 nitrogen and oxygen atoms in total. The van der Waals surface area contributed by atoms with E-state index in [2.05, 4.69) is 15.4 Å². The van der Waals surface area contributed by atoms with Crippen molar-refractivity contribution in [3.63, 3.8) is 0 Å². The zero-order valence-corrected chi connectivity index (χ0v) is 15.7. The Balaban J connectivity index is 1.86. The van der Waals surface area contributed by atoms with E-state index in [9.17, 15) is 31.9 Å². The number of nitrogens with one attached hydrogen (secondary N) is 2. The Morgan fingerprint density at radius 3 is 2.53 bits per heavy atom. The van der Waals surface area contributed by atoms with E-state index in [1.807, 2.05) is 0 Å². The van der Waals surface area contributed by atoms with E-state index in [4.69, 9.17) is 4.74 Å². The van der Waals surface area contributed by atoms with Crippen LogP contribution in [-0.4, -0.2) is 37.0 Å². The first-order valence-electron chi connectivity index (χ1n) is 8.63. The smallest absolute Gasteiger partial charge is 0.416 e. The molecule has 0 radical (unpaired) electrons. The monoisotopic (exact) mass is 434 g/mol. The molecule has 2 rings (SSSR count). The fourth-order valence-electron chi connectivity index (χ4n) is 2.38. The maximum absolute atomic E-state index is 12.7. The number of carbonyl (C=O) groups is 1. The largest absolute Gasteiger partial charge is 0.491 e. The number of urea groups is 1. The Morgan fingerprint density at radius 1 is 1.17 bits per heavy atom. The number of aliphatic hydroxyl groups is 1. The summed E-state index contributed by atoms with van der Waals surface area (Å²) in [6.07, 6.45) is -5.76. The van der Waals surface area contributed by atoms with Gasteiger partial charge in [-0.3, -0.25) is 0 Å². The van der Waals surface area contributed by atoms with Gasteiger partial charge in [0.15, 0.2) is 0 Å². The van der Waals surface area contributed by atoms with Crippen LogP contribution >= 0.6 is 0 Å². The van der Waals surface area contributed by atoms with Crippen LogP contribution in [0.15, 0.2) is 42.5 Å². The summed E-state index contributed by atoms with van der Waals surface area (Å²) in [6, 6.07) is 7.63. The van der Waals surface area contributed by atoms with Crippen LogP contribution in [-0.2, 0) is 6.18 Å². The molecule has 164 valence electrons. The summed E-state index contributed by atoms with van der Waals surface area (Å²) in [5, 5.41) is 14.5. The van der Waals surface area contributed by atoms with Gasteiger partial charge in [-0.2, -0.15) is 22.0 Å². The first-order valence-corrected chi connectivity index (χ1v) is 8.63. The molecule has 0 saturated heterocycles. The fourth-order valence-corrected chi connectivity index (χ4v) is 2.38. The van der Waals surface area contributed by atoms with E-state index in [1.54, 1.807) is 13.0 Å². The number of hydrogen-bond acceptors (Lipinski definition) is 4. The van der Waals surface area contributed by atoms with E-state index in [0.717, 1.165) is 18.2 Å². The Bertz CT molecular complexity index is 861. The highest BCUT2D eigenvalue weighted by atomic mass is 19.4. The number of anilines is 1. The first kappa shape index (κ1) is 23.2. The number of para-hydroxylation sites is 1. The van der Waals surface area contributed by atoms with Gasteiger partial charge in [0.2, 0.25) is 0 Å². The molecule has 2 amide bonds. The van der Waals surface area contributed by atoms with Crippen LogP contribution in [0.2, 0.25) is 0 Å². The third kappa shape index (κ3) is 7.07. The molecular weight excluding hydrogens is 415 g/mol. The molecule has 0 aliphatic carbocycles. The summed E-state index contributed by atoms with van der Waals surface area (Å²) in [4.78, 5) is 12.0. The molecule has 11 heteroatoms. The molecule has 0 heterocycles. The minimum atomic E-state index is -4.53. The van der Waals surface area contributed by atoms with Crippen LogP contribution in [0.1, 0.15) is 11.1 Å². The number of hydrogen-bond donors (Lipinski definition) is 3. The number of carbonyl (C=O) groups excluding carboxylic acids is 1. The minimum Gasteiger partial charge on any atom is -0.491 e. The van der Waals surface area contributed by atoms with E-state index in [1.165, 1.54) is 18.2 Å². The number of rotatable bonds is 8. The minimum absolute atomic E-state index is 0.0324. The predicted octanol–water partition coefficient (Wildman–Crippen LogP) is 4.18. The number of alkyl halides is 5. The second-order valence-electron chi connectivity index (χ2n) is 6.15. The number of ether oxygens (including phenoxy) is 2. The number of halogens is 5. The van der Waals surface area contributed by atoms with E-state index >= 15 is 0 Å². The lowest BCUT2D eigenvalue weighted by molar-refractivity contribution is -0.137. The molecule has 2 aromatic carbocycles. The summed E-state index contributed by atoms with van der Waals surface area (Å²) < 4.78 is 72.4. The van der Waals surface area contributed by atoms with Crippen molar-refractivity contribution in [1.82, 2.24) is 5.32 Å². The molecule has 30 heavy (non-hydrogen) atoms. The zero-order valence-electron chi connectivity index (χ0n) is 15.7. The van der Waals surface area contributed by atoms with Gasteiger partial charge >= 0.3 is 18.8 Å². The van der Waals surface area contributed by atoms with Crippen molar-refractivity contribution in [1.29, 1.82) is 0 Å². The molecule has 2 aromatic rings. The standard InChI is InChI=1S/C19H19F5N2O4/c1-11-4-2-7-15(30-17(20)21)16(11)26-18(28)25-9-13(27)10-29-14-6-3-5-12(8-14)19(22,23)24/h2-8,13,17,27H,9-10H2,1H3,(H2,25,26,28). The third-order valence-corrected chi connectivity index (χ3v) is 3.79. The van der Waals surface area contributed by atoms with Crippen LogP contribution in [0.5, 0.6) is 11.5 Å². The fraction of sp³-hybridized carbons (Fsp3) is 0.316. The summed E-state index contributed by atoms with van der Waals surface area (Å²) in [7, 11) is 0. The SMILES string of the molecule is Cc1cccc(OC(F)F)c1NC(=O)NCC(O)COc1cccc(C(F)(F)F)c1. The summed E-state index contributed by atoms with van der Waals surface area (Å²) in [6.45, 7) is -2.19. The lowest BCUT2D eigenvalue weighted by Gasteiger charge is -2.17. The number of benzene rings is 2. The van der Waals surface area contributed by atoms with Gasteiger partial charge in [0.05, 0.1) is 11.3 Å². The molecule has 1 atom stereocenters. The number of aliphatic hydroxyl groups excluding tert-OH is 1. The van der Waals surface area contributed by atoms with Crippen LogP contribution in [0.3, 0.4) is 0 Å². The Morgan fingerprint density at radius 2 is 1.87 bits per heavy atom. The topological polar surface area (TPSA) is 79.8 Å². The van der Waals surface area contributed by atoms with Crippen molar-refractivity contribution in [3.05, 3.63) is 53.6 Å². The van der Waals surface area contributed by atoms with Gasteiger partial charge in [-0.25, -0.2) is 4.79 Å². The molecule has 0 aromatic heterocycles. The van der Waals surface area contributed by atoms with Crippen molar-refractivity contribution in [3.8, 4) is 11.5 Å². The average Bonchev–Trinajstić information content (AvgIpc) is 2.66. The van der Waals surface area contributed by atoms with E-state index in [0.29, 0.717) is 5.56 Å². The maximum atomic E-state index is 12.7. The van der Waals surface area contributed by atoms with Crippen LogP contribution in [0.4, 0.5) is 32.4 Å². The van der Waals surface area contributed by atoms with Crippen molar-refractivity contribution in [2.24, 2.45) is 0 Å². The molecule has 0 fully saturated rings. The average molecular weight is 434 g/mol. The van der Waals surface area contributed by atoms with Crippen molar-refractivity contribution >= 4 is 11.7 Å². The van der Waals surface area contributed by atoms with Crippen molar-refractivity contribution < 1.29 is 41.3 Å². The Hall–Kier alpha value is -3.08. The number of aryl methyl sites for hydroxylation is 1. The van der Waals surface area contributed by atoms with Gasteiger partial charge in [-0.1, -0.05) is 18.2 Å². The summed E-state index contributed by atoms with van der Waals surface area (Å²) >= 11 is 0. The first-order chi connectivity index (χ1) is 14.1. The molecule has 3 N–H and O–H groups in total. The normalized spacial score (nSPS) is 12.4. The van der Waals surface area contributed by atoms with E-state index in [-0.39, 0.29) is 30.3 Å². The van der Waals surface area contributed by atoms with Crippen LogP contribution in [0, 0.1) is 6.92 Å². The summed E-state index contributed by atoms with van der Waals surface area (Å²) in [5.74, 6) is -0.324. The van der Waals surface area contributed by atoms with Gasteiger partial charge in [0.1, 0.15) is 24.2 Å². The van der Waals surface area contributed by atoms with Crippen LogP contribution in [0.25, 0.3) is 0 Å². The molecule has 0 aliphatic heterocycles. The molecule has 0 bridgehead atoms. The zero-order chi connectivity index (χ0) is 22.3. The predicted molar refractivity (Wildman–Crippen MR) is 97.8 cm³/mol. The highest BCUT2D eigenvalue weighted by molar-refractivity contribution is 5.91. The molecule has 0 saturated carbocycles. The van der Waals surface area contributed by atoms with Crippen molar-refractivity contribution in [2.45, 2.75) is 25.8 Å². The lowest BCUT2D eigenvalue weighted by Crippen LogP contribution is -2.37. The van der Waals surface area contributed by atoms with Gasteiger partial charge < -0.3 is 25.2 Å². The second kappa shape index (κ2) is 10.1. The summed E-state index contributed by atoms with van der Waals surface area (Å²) in [5.41, 5.74) is -0.395. The molecule has 0 aliphatic rings. The quantitative estimate of drug-likeness (QED) is 0.545. The van der Waals surface area contributed by atoms with Gasteiger partial charge in [-0.05, 0) is 36.8 Å². The Labute approximate surface area is 168 Å². The van der Waals surface area contributed by atoms with Gasteiger partial charge in [-0.15, -0.1) is 0 Å². The molecule has 0 spiro atoms. The highest BCUT2D eigenvalue weighted by Gasteiger charge is 2.30. The molecule has 1 unspecified atom stereocenters. The Kier molecular flexibility index (Phi) is 7.81. The lowest BCUT2D eigenvalue weighted by atomic mass is 10.2. The highest BCUT2D eigenvalue weighted by Crippen LogP contribution is 2.31.